The van der Waals surface area contributed by atoms with Gasteiger partial charge in [-0.15, -0.1) is 0 Å². The van der Waals surface area contributed by atoms with Crippen molar-refractivity contribution in [3.8, 4) is 0 Å². The van der Waals surface area contributed by atoms with Crippen LogP contribution in [0.25, 0.3) is 10.8 Å². The first kappa shape index (κ1) is 15.1. The molecule has 0 radical (unpaired) electrons. The number of fused-ring (bicyclic) bond motifs is 1. The topological polar surface area (TPSA) is 32.3 Å². The molecule has 2 aromatic carbocycles. The first-order valence-corrected chi connectivity index (χ1v) is 7.05. The van der Waals surface area contributed by atoms with Crippen LogP contribution >= 0.6 is 11.6 Å². The second kappa shape index (κ2) is 5.44. The lowest BCUT2D eigenvalue weighted by Crippen LogP contribution is -2.43. The Hall–Kier alpha value is -1.79. The highest BCUT2D eigenvalue weighted by atomic mass is 35.5. The van der Waals surface area contributed by atoms with Crippen LogP contribution in [0.2, 0.25) is 5.02 Å². The molecule has 1 saturated heterocycles. The third-order valence-corrected chi connectivity index (χ3v) is 3.96. The highest BCUT2D eigenvalue weighted by molar-refractivity contribution is 6.32. The lowest BCUT2D eigenvalue weighted by molar-refractivity contribution is -0.190. The van der Waals surface area contributed by atoms with Crippen LogP contribution in [0.1, 0.15) is 18.0 Å². The number of benzene rings is 2. The summed E-state index contributed by atoms with van der Waals surface area (Å²) >= 11 is 6.08. The van der Waals surface area contributed by atoms with Gasteiger partial charge < -0.3 is 0 Å². The van der Waals surface area contributed by atoms with Crippen LogP contribution in [0, 0.1) is 0 Å². The fourth-order valence-corrected chi connectivity index (χ4v) is 2.92. The molecule has 116 valence electrons. The number of halogens is 4. The highest BCUT2D eigenvalue weighted by Crippen LogP contribution is 2.41. The molecule has 0 aliphatic carbocycles. The molecule has 1 fully saturated rings. The van der Waals surface area contributed by atoms with Gasteiger partial charge in [0.2, 0.25) is 5.91 Å². The molecule has 0 spiro atoms. The van der Waals surface area contributed by atoms with Crippen molar-refractivity contribution < 1.29 is 18.0 Å². The molecule has 2 aromatic rings. The average Bonchev–Trinajstić information content (AvgIpc) is 2.84. The third-order valence-electron chi connectivity index (χ3n) is 3.63. The minimum Gasteiger partial charge on any atom is -0.288 e. The first-order chi connectivity index (χ1) is 10.4. The van der Waals surface area contributed by atoms with Crippen molar-refractivity contribution in [2.45, 2.75) is 18.6 Å². The molecule has 0 saturated carbocycles. The van der Waals surface area contributed by atoms with Gasteiger partial charge in [-0.25, -0.2) is 5.01 Å². The summed E-state index contributed by atoms with van der Waals surface area (Å²) < 4.78 is 40.5. The largest absolute Gasteiger partial charge is 0.409 e. The van der Waals surface area contributed by atoms with Crippen LogP contribution in [-0.4, -0.2) is 23.6 Å². The summed E-state index contributed by atoms with van der Waals surface area (Å²) in [6.07, 6.45) is -4.51. The number of carbonyl (C=O) groups excluding carboxylic acids is 1. The summed E-state index contributed by atoms with van der Waals surface area (Å²) in [5.74, 6) is -0.425. The highest BCUT2D eigenvalue weighted by Gasteiger charge is 2.47. The van der Waals surface area contributed by atoms with Crippen LogP contribution in [-0.2, 0) is 4.79 Å². The number of hydrogen-bond donors (Lipinski definition) is 1. The normalized spacial score (nSPS) is 17.7. The summed E-state index contributed by atoms with van der Waals surface area (Å²) in [5.41, 5.74) is 2.19. The second-order valence-corrected chi connectivity index (χ2v) is 5.55. The molecule has 1 atom stereocenters. The summed E-state index contributed by atoms with van der Waals surface area (Å²) in [4.78, 5) is 11.3. The molecule has 7 heteroatoms. The van der Waals surface area contributed by atoms with Gasteiger partial charge >= 0.3 is 6.18 Å². The Morgan fingerprint density at radius 2 is 1.82 bits per heavy atom. The van der Waals surface area contributed by atoms with E-state index < -0.39 is 18.1 Å². The van der Waals surface area contributed by atoms with E-state index in [1.54, 1.807) is 24.3 Å². The summed E-state index contributed by atoms with van der Waals surface area (Å²) in [7, 11) is 0. The van der Waals surface area contributed by atoms with Crippen LogP contribution < -0.4 is 5.43 Å². The smallest absolute Gasteiger partial charge is 0.288 e. The molecule has 0 aromatic heterocycles. The number of hydrazine groups is 1. The summed E-state index contributed by atoms with van der Waals surface area (Å²) in [6.45, 7) is -0.00777. The predicted octanol–water partition coefficient (Wildman–Crippen LogP) is 3.83. The Morgan fingerprint density at radius 3 is 2.36 bits per heavy atom. The maximum absolute atomic E-state index is 13.5. The van der Waals surface area contributed by atoms with Gasteiger partial charge in [0, 0.05) is 18.0 Å². The Bertz CT molecular complexity index is 732. The van der Waals surface area contributed by atoms with Crippen molar-refractivity contribution in [2.75, 3.05) is 6.54 Å². The van der Waals surface area contributed by atoms with Gasteiger partial charge in [0.25, 0.3) is 0 Å². The van der Waals surface area contributed by atoms with Gasteiger partial charge in [-0.05, 0) is 28.5 Å². The summed E-state index contributed by atoms with van der Waals surface area (Å²) in [6, 6.07) is 8.04. The minimum atomic E-state index is -4.55. The molecule has 3 nitrogen and oxygen atoms in total. The van der Waals surface area contributed by atoms with Crippen molar-refractivity contribution >= 4 is 28.3 Å². The molecular formula is C15H12ClF3N2O. The van der Waals surface area contributed by atoms with Crippen molar-refractivity contribution in [3.05, 3.63) is 47.0 Å². The van der Waals surface area contributed by atoms with Crippen LogP contribution in [0.4, 0.5) is 13.2 Å². The maximum Gasteiger partial charge on any atom is 0.409 e. The van der Waals surface area contributed by atoms with E-state index in [1.165, 1.54) is 12.1 Å². The number of amides is 1. The second-order valence-electron chi connectivity index (χ2n) is 5.14. The number of alkyl halides is 3. The zero-order valence-corrected chi connectivity index (χ0v) is 12.1. The van der Waals surface area contributed by atoms with E-state index in [0.29, 0.717) is 5.39 Å². The molecule has 1 N–H and O–H groups in total. The van der Waals surface area contributed by atoms with E-state index >= 15 is 0 Å². The average molecular weight is 329 g/mol. The number of carbonyl (C=O) groups is 1. The summed E-state index contributed by atoms with van der Waals surface area (Å²) in [5, 5.41) is 2.37. The molecule has 1 amide bonds. The predicted molar refractivity (Wildman–Crippen MR) is 77.2 cm³/mol. The van der Waals surface area contributed by atoms with E-state index in [0.717, 1.165) is 10.4 Å². The zero-order chi connectivity index (χ0) is 15.9. The van der Waals surface area contributed by atoms with Crippen molar-refractivity contribution in [3.63, 3.8) is 0 Å². The van der Waals surface area contributed by atoms with Gasteiger partial charge in [-0.3, -0.25) is 10.2 Å². The van der Waals surface area contributed by atoms with Gasteiger partial charge in [-0.1, -0.05) is 35.9 Å². The lowest BCUT2D eigenvalue weighted by Gasteiger charge is -2.30. The van der Waals surface area contributed by atoms with Crippen molar-refractivity contribution in [1.29, 1.82) is 0 Å². The fourth-order valence-electron chi connectivity index (χ4n) is 2.65. The SMILES string of the molecule is O=C1CCN(C(c2cc3ccccc3cc2Cl)C(F)(F)F)N1. The zero-order valence-electron chi connectivity index (χ0n) is 11.3. The fraction of sp³-hybridized carbons (Fsp3) is 0.267. The van der Waals surface area contributed by atoms with E-state index in [-0.39, 0.29) is 23.6 Å². The molecule has 22 heavy (non-hydrogen) atoms. The molecule has 1 aliphatic rings. The maximum atomic E-state index is 13.5. The first-order valence-electron chi connectivity index (χ1n) is 6.67. The van der Waals surface area contributed by atoms with Crippen LogP contribution in [0.15, 0.2) is 36.4 Å². The van der Waals surface area contributed by atoms with E-state index in [2.05, 4.69) is 5.43 Å². The quantitative estimate of drug-likeness (QED) is 0.908. The molecule has 0 bridgehead atoms. The van der Waals surface area contributed by atoms with Crippen molar-refractivity contribution in [1.82, 2.24) is 10.4 Å². The van der Waals surface area contributed by atoms with Crippen LogP contribution in [0.5, 0.6) is 0 Å². The lowest BCUT2D eigenvalue weighted by atomic mass is 10.0. The molecule has 1 heterocycles. The Balaban J connectivity index is 2.11. The Morgan fingerprint density at radius 1 is 1.18 bits per heavy atom. The third kappa shape index (κ3) is 2.76. The van der Waals surface area contributed by atoms with Crippen molar-refractivity contribution in [2.24, 2.45) is 0 Å². The van der Waals surface area contributed by atoms with Gasteiger partial charge in [0.15, 0.2) is 6.04 Å². The number of nitrogens with zero attached hydrogens (tertiary/aromatic N) is 1. The number of hydrogen-bond acceptors (Lipinski definition) is 2. The Kier molecular flexibility index (Phi) is 3.74. The molecule has 3 rings (SSSR count). The Labute approximate surface area is 129 Å². The van der Waals surface area contributed by atoms with Gasteiger partial charge in [0.05, 0.1) is 0 Å². The van der Waals surface area contributed by atoms with E-state index in [9.17, 15) is 18.0 Å². The van der Waals surface area contributed by atoms with Gasteiger partial charge in [0.1, 0.15) is 0 Å². The minimum absolute atomic E-state index is 0.00777. The van der Waals surface area contributed by atoms with Crippen LogP contribution in [0.3, 0.4) is 0 Å². The molecule has 1 aliphatic heterocycles. The molecule has 1 unspecified atom stereocenters. The number of rotatable bonds is 2. The molecular weight excluding hydrogens is 317 g/mol. The standard InChI is InChI=1S/C15H12ClF3N2O/c16-12-8-10-4-2-1-3-9(10)7-11(12)14(15(17,18)19)21-6-5-13(22)20-21/h1-4,7-8,14H,5-6H2,(H,20,22). The number of nitrogens with one attached hydrogen (secondary N) is 1. The van der Waals surface area contributed by atoms with E-state index in [4.69, 9.17) is 11.6 Å². The van der Waals surface area contributed by atoms with Gasteiger partial charge in [-0.2, -0.15) is 13.2 Å². The van der Waals surface area contributed by atoms with E-state index in [1.807, 2.05) is 0 Å². The monoisotopic (exact) mass is 328 g/mol.